The monoisotopic (exact) mass is 230 g/mol. The van der Waals surface area contributed by atoms with Gasteiger partial charge in [-0.25, -0.2) is 0 Å². The standard InChI is InChI=1S/C7H14N2S.2ClH/c1-2-9-3-4-10-6-7(9)5-8-1;;/h7-8H,1-6H2;2*1H. The average molecular weight is 231 g/mol. The van der Waals surface area contributed by atoms with Crippen molar-refractivity contribution in [2.75, 3.05) is 37.7 Å². The summed E-state index contributed by atoms with van der Waals surface area (Å²) in [5, 5.41) is 3.43. The third-order valence-electron chi connectivity index (χ3n) is 2.31. The predicted molar refractivity (Wildman–Crippen MR) is 60.1 cm³/mol. The third kappa shape index (κ3) is 2.96. The van der Waals surface area contributed by atoms with E-state index in [2.05, 4.69) is 22.0 Å². The van der Waals surface area contributed by atoms with E-state index in [1.165, 1.54) is 37.7 Å². The average Bonchev–Trinajstić information content (AvgIpc) is 2.05. The van der Waals surface area contributed by atoms with E-state index in [1.807, 2.05) is 0 Å². The summed E-state index contributed by atoms with van der Waals surface area (Å²) in [6, 6.07) is 0.840. The van der Waals surface area contributed by atoms with E-state index < -0.39 is 0 Å². The van der Waals surface area contributed by atoms with Crippen molar-refractivity contribution in [2.45, 2.75) is 6.04 Å². The molecule has 2 aliphatic heterocycles. The molecule has 1 atom stereocenters. The van der Waals surface area contributed by atoms with Crippen LogP contribution in [0.25, 0.3) is 0 Å². The van der Waals surface area contributed by atoms with Crippen LogP contribution in [0.4, 0.5) is 0 Å². The number of nitrogens with one attached hydrogen (secondary N) is 1. The van der Waals surface area contributed by atoms with E-state index >= 15 is 0 Å². The van der Waals surface area contributed by atoms with Crippen LogP contribution in [0.1, 0.15) is 0 Å². The molecular weight excluding hydrogens is 215 g/mol. The highest BCUT2D eigenvalue weighted by atomic mass is 35.5. The van der Waals surface area contributed by atoms with Gasteiger partial charge in [0.05, 0.1) is 0 Å². The lowest BCUT2D eigenvalue weighted by Gasteiger charge is -2.39. The van der Waals surface area contributed by atoms with E-state index in [4.69, 9.17) is 0 Å². The van der Waals surface area contributed by atoms with Crippen molar-refractivity contribution in [1.29, 1.82) is 0 Å². The van der Waals surface area contributed by atoms with Gasteiger partial charge in [-0.2, -0.15) is 11.8 Å². The molecule has 0 aromatic carbocycles. The van der Waals surface area contributed by atoms with Gasteiger partial charge < -0.3 is 5.32 Å². The van der Waals surface area contributed by atoms with Crippen LogP contribution in [0.2, 0.25) is 0 Å². The second-order valence-electron chi connectivity index (χ2n) is 2.97. The van der Waals surface area contributed by atoms with Crippen molar-refractivity contribution in [3.05, 3.63) is 0 Å². The third-order valence-corrected chi connectivity index (χ3v) is 3.40. The first-order valence-corrected chi connectivity index (χ1v) is 5.15. The fraction of sp³-hybridized carbons (Fsp3) is 1.00. The van der Waals surface area contributed by atoms with Crippen molar-refractivity contribution in [2.24, 2.45) is 0 Å². The first kappa shape index (κ1) is 12.8. The molecule has 1 N–H and O–H groups in total. The van der Waals surface area contributed by atoms with E-state index in [1.54, 1.807) is 0 Å². The zero-order valence-electron chi connectivity index (χ0n) is 6.99. The topological polar surface area (TPSA) is 15.3 Å². The molecule has 0 aliphatic carbocycles. The SMILES string of the molecule is C1CN2CCSCC2CN1.Cl.Cl. The molecule has 0 spiro atoms. The number of hydrogen-bond donors (Lipinski definition) is 1. The predicted octanol–water partition coefficient (Wildman–Crippen LogP) is 0.851. The van der Waals surface area contributed by atoms with Crippen LogP contribution >= 0.6 is 36.6 Å². The minimum absolute atomic E-state index is 0. The van der Waals surface area contributed by atoms with Gasteiger partial charge in [0, 0.05) is 43.7 Å². The molecule has 2 fully saturated rings. The molecule has 0 aromatic heterocycles. The Hall–Kier alpha value is 0.850. The number of rotatable bonds is 0. The van der Waals surface area contributed by atoms with Gasteiger partial charge in [0.1, 0.15) is 0 Å². The van der Waals surface area contributed by atoms with Crippen LogP contribution in [0.3, 0.4) is 0 Å². The van der Waals surface area contributed by atoms with Gasteiger partial charge in [0.25, 0.3) is 0 Å². The Morgan fingerprint density at radius 3 is 2.83 bits per heavy atom. The molecule has 5 heteroatoms. The first-order valence-electron chi connectivity index (χ1n) is 3.99. The van der Waals surface area contributed by atoms with Gasteiger partial charge in [0.2, 0.25) is 0 Å². The second-order valence-corrected chi connectivity index (χ2v) is 4.12. The van der Waals surface area contributed by atoms with Crippen LogP contribution in [0.5, 0.6) is 0 Å². The summed E-state index contributed by atoms with van der Waals surface area (Å²) in [5.74, 6) is 2.68. The largest absolute Gasteiger partial charge is 0.314 e. The highest BCUT2D eigenvalue weighted by Crippen LogP contribution is 2.16. The van der Waals surface area contributed by atoms with Crippen molar-refractivity contribution in [1.82, 2.24) is 10.2 Å². The normalized spacial score (nSPS) is 29.5. The van der Waals surface area contributed by atoms with Crippen LogP contribution in [0, 0.1) is 0 Å². The molecule has 2 saturated heterocycles. The zero-order chi connectivity index (χ0) is 6.81. The molecule has 0 amide bonds. The Bertz CT molecular complexity index is 100.0. The van der Waals surface area contributed by atoms with Gasteiger partial charge in [-0.3, -0.25) is 4.90 Å². The minimum atomic E-state index is 0. The minimum Gasteiger partial charge on any atom is -0.314 e. The Labute approximate surface area is 90.7 Å². The molecule has 2 nitrogen and oxygen atoms in total. The van der Waals surface area contributed by atoms with Crippen molar-refractivity contribution >= 4 is 36.6 Å². The number of halogens is 2. The van der Waals surface area contributed by atoms with Crippen molar-refractivity contribution in [3.8, 4) is 0 Å². The molecule has 0 saturated carbocycles. The molecule has 74 valence electrons. The van der Waals surface area contributed by atoms with Crippen molar-refractivity contribution in [3.63, 3.8) is 0 Å². The number of hydrogen-bond acceptors (Lipinski definition) is 3. The van der Waals surface area contributed by atoms with Gasteiger partial charge >= 0.3 is 0 Å². The number of thioether (sulfide) groups is 1. The molecule has 2 rings (SSSR count). The fourth-order valence-corrected chi connectivity index (χ4v) is 2.79. The second kappa shape index (κ2) is 6.33. The van der Waals surface area contributed by atoms with Gasteiger partial charge in [0.15, 0.2) is 0 Å². The van der Waals surface area contributed by atoms with E-state index in [0.29, 0.717) is 0 Å². The smallest absolute Gasteiger partial charge is 0.0312 e. The lowest BCUT2D eigenvalue weighted by atomic mass is 10.2. The number of fused-ring (bicyclic) bond motifs is 1. The quantitative estimate of drug-likeness (QED) is 0.665. The number of nitrogens with zero attached hydrogens (tertiary/aromatic N) is 1. The highest BCUT2D eigenvalue weighted by Gasteiger charge is 2.24. The molecule has 12 heavy (non-hydrogen) atoms. The Morgan fingerprint density at radius 2 is 2.08 bits per heavy atom. The molecular formula is C7H16Cl2N2S. The van der Waals surface area contributed by atoms with E-state index in [0.717, 1.165) is 6.04 Å². The van der Waals surface area contributed by atoms with Crippen LogP contribution in [-0.2, 0) is 0 Å². The van der Waals surface area contributed by atoms with E-state index in [-0.39, 0.29) is 24.8 Å². The number of piperazine rings is 1. The zero-order valence-corrected chi connectivity index (χ0v) is 9.44. The molecule has 0 aromatic rings. The van der Waals surface area contributed by atoms with Crippen LogP contribution < -0.4 is 5.32 Å². The maximum Gasteiger partial charge on any atom is 0.0312 e. The maximum absolute atomic E-state index is 3.43. The molecule has 0 bridgehead atoms. The van der Waals surface area contributed by atoms with Crippen LogP contribution in [0.15, 0.2) is 0 Å². The Morgan fingerprint density at radius 1 is 1.25 bits per heavy atom. The molecule has 2 aliphatic rings. The molecule has 0 radical (unpaired) electrons. The van der Waals surface area contributed by atoms with Crippen LogP contribution in [-0.4, -0.2) is 48.6 Å². The maximum atomic E-state index is 3.43. The highest BCUT2D eigenvalue weighted by molar-refractivity contribution is 7.99. The van der Waals surface area contributed by atoms with Crippen molar-refractivity contribution < 1.29 is 0 Å². The first-order chi connectivity index (χ1) is 4.97. The lowest BCUT2D eigenvalue weighted by Crippen LogP contribution is -2.54. The van der Waals surface area contributed by atoms with Gasteiger partial charge in [-0.05, 0) is 0 Å². The summed E-state index contributed by atoms with van der Waals surface area (Å²) in [6.45, 7) is 5.00. The molecule has 2 heterocycles. The summed E-state index contributed by atoms with van der Waals surface area (Å²) >= 11 is 2.10. The summed E-state index contributed by atoms with van der Waals surface area (Å²) in [7, 11) is 0. The Kier molecular flexibility index (Phi) is 6.77. The fourth-order valence-electron chi connectivity index (χ4n) is 1.66. The summed E-state index contributed by atoms with van der Waals surface area (Å²) in [6.07, 6.45) is 0. The van der Waals surface area contributed by atoms with E-state index in [9.17, 15) is 0 Å². The lowest BCUT2D eigenvalue weighted by molar-refractivity contribution is 0.182. The van der Waals surface area contributed by atoms with Gasteiger partial charge in [-0.15, -0.1) is 24.8 Å². The summed E-state index contributed by atoms with van der Waals surface area (Å²) in [4.78, 5) is 2.62. The summed E-state index contributed by atoms with van der Waals surface area (Å²) in [5.41, 5.74) is 0. The van der Waals surface area contributed by atoms with Gasteiger partial charge in [-0.1, -0.05) is 0 Å². The summed E-state index contributed by atoms with van der Waals surface area (Å²) < 4.78 is 0. The Balaban J connectivity index is 0.000000605. The molecule has 1 unspecified atom stereocenters.